The van der Waals surface area contributed by atoms with E-state index in [0.29, 0.717) is 6.42 Å². The van der Waals surface area contributed by atoms with E-state index in [1.54, 1.807) is 0 Å². The highest BCUT2D eigenvalue weighted by molar-refractivity contribution is 5.87. The van der Waals surface area contributed by atoms with Gasteiger partial charge in [-0.05, 0) is 31.0 Å². The van der Waals surface area contributed by atoms with Crippen molar-refractivity contribution in [3.8, 4) is 0 Å². The number of rotatable bonds is 4. The molecule has 130 valence electrons. The normalized spacial score (nSPS) is 20.5. The number of carbonyl (C=O) groups excluding carboxylic acids is 2. The van der Waals surface area contributed by atoms with Crippen LogP contribution in [0.1, 0.15) is 18.4 Å². The summed E-state index contributed by atoms with van der Waals surface area (Å²) < 4.78 is 26.9. The minimum atomic E-state index is -1.18. The highest BCUT2D eigenvalue weighted by atomic mass is 19.1. The summed E-state index contributed by atoms with van der Waals surface area (Å²) in [6.45, 7) is -0.0631. The maximum absolute atomic E-state index is 13.7. The second kappa shape index (κ2) is 7.37. The van der Waals surface area contributed by atoms with E-state index < -0.39 is 41.9 Å². The predicted octanol–water partition coefficient (Wildman–Crippen LogP) is 0.945. The first-order valence-electron chi connectivity index (χ1n) is 7.51. The molecule has 0 saturated carbocycles. The summed E-state index contributed by atoms with van der Waals surface area (Å²) >= 11 is 0. The molecule has 1 saturated heterocycles. The first-order valence-corrected chi connectivity index (χ1v) is 7.51. The van der Waals surface area contributed by atoms with Crippen molar-refractivity contribution < 1.29 is 28.3 Å². The zero-order chi connectivity index (χ0) is 17.9. The fourth-order valence-electron chi connectivity index (χ4n) is 2.86. The maximum atomic E-state index is 13.7. The van der Waals surface area contributed by atoms with Crippen LogP contribution in [0.3, 0.4) is 0 Å². The lowest BCUT2D eigenvalue weighted by atomic mass is 9.91. The predicted molar refractivity (Wildman–Crippen MR) is 80.0 cm³/mol. The third-order valence-electron chi connectivity index (χ3n) is 4.15. The molecule has 0 bridgehead atoms. The largest absolute Gasteiger partial charge is 0.480 e. The number of nitrogens with one attached hydrogen (secondary N) is 1. The second-order valence-corrected chi connectivity index (χ2v) is 5.70. The van der Waals surface area contributed by atoms with Gasteiger partial charge >= 0.3 is 5.97 Å². The second-order valence-electron chi connectivity index (χ2n) is 5.70. The third kappa shape index (κ3) is 3.87. The molecule has 8 heteroatoms. The van der Waals surface area contributed by atoms with Gasteiger partial charge in [0.15, 0.2) is 0 Å². The van der Waals surface area contributed by atoms with Gasteiger partial charge in [-0.1, -0.05) is 0 Å². The van der Waals surface area contributed by atoms with Crippen molar-refractivity contribution in [1.29, 1.82) is 0 Å². The molecule has 24 heavy (non-hydrogen) atoms. The van der Waals surface area contributed by atoms with Gasteiger partial charge in [-0.25, -0.2) is 13.6 Å². The minimum absolute atomic E-state index is 0.0631. The minimum Gasteiger partial charge on any atom is -0.480 e. The van der Waals surface area contributed by atoms with E-state index in [4.69, 9.17) is 0 Å². The van der Waals surface area contributed by atoms with E-state index in [2.05, 4.69) is 5.32 Å². The smallest absolute Gasteiger partial charge is 0.326 e. The summed E-state index contributed by atoms with van der Waals surface area (Å²) in [6.07, 6.45) is 0.00732. The summed E-state index contributed by atoms with van der Waals surface area (Å²) in [5.41, 5.74) is -0.147. The van der Waals surface area contributed by atoms with Crippen LogP contribution in [0.2, 0.25) is 0 Å². The number of aliphatic carboxylic acids is 1. The standard InChI is InChI=1S/C16H18F2N2O4/c1-19-15(22)9-2-5-13(16(23)24)20(8-9)14(21)7-10-6-11(17)3-4-12(10)18/h3-4,6,9,13H,2,5,7-8H2,1H3,(H,19,22)(H,23,24)/t9-,13-/m0/s1. The summed E-state index contributed by atoms with van der Waals surface area (Å²) in [5, 5.41) is 11.7. The summed E-state index contributed by atoms with van der Waals surface area (Å²) in [4.78, 5) is 36.6. The molecule has 0 radical (unpaired) electrons. The SMILES string of the molecule is CNC(=O)[C@H]1CC[C@@H](C(=O)O)N(C(=O)Cc2cc(F)ccc2F)C1. The van der Waals surface area contributed by atoms with Crippen LogP contribution in [0.25, 0.3) is 0 Å². The number of hydrogen-bond acceptors (Lipinski definition) is 3. The zero-order valence-electron chi connectivity index (χ0n) is 13.1. The van der Waals surface area contributed by atoms with Crippen LogP contribution in [0, 0.1) is 17.6 Å². The molecule has 0 aromatic heterocycles. The van der Waals surface area contributed by atoms with E-state index >= 15 is 0 Å². The quantitative estimate of drug-likeness (QED) is 0.854. The molecule has 0 spiro atoms. The maximum Gasteiger partial charge on any atom is 0.326 e. The molecule has 1 heterocycles. The van der Waals surface area contributed by atoms with E-state index in [0.717, 1.165) is 23.1 Å². The Morgan fingerprint density at radius 2 is 2.00 bits per heavy atom. The van der Waals surface area contributed by atoms with Gasteiger partial charge in [-0.15, -0.1) is 0 Å². The Hall–Kier alpha value is -2.51. The summed E-state index contributed by atoms with van der Waals surface area (Å²) in [7, 11) is 1.46. The lowest BCUT2D eigenvalue weighted by molar-refractivity contribution is -0.154. The number of carbonyl (C=O) groups is 3. The number of likely N-dealkylation sites (tertiary alicyclic amines) is 1. The van der Waals surface area contributed by atoms with Gasteiger partial charge in [-0.2, -0.15) is 0 Å². The molecule has 6 nitrogen and oxygen atoms in total. The monoisotopic (exact) mass is 340 g/mol. The molecule has 1 aliphatic heterocycles. The van der Waals surface area contributed by atoms with Crippen LogP contribution in [0.4, 0.5) is 8.78 Å². The molecule has 0 aliphatic carbocycles. The fourth-order valence-corrected chi connectivity index (χ4v) is 2.86. The molecular formula is C16H18F2N2O4. The number of nitrogens with zero attached hydrogens (tertiary/aromatic N) is 1. The van der Waals surface area contributed by atoms with Crippen LogP contribution in [-0.2, 0) is 20.8 Å². The molecule has 2 N–H and O–H groups in total. The number of hydrogen-bond donors (Lipinski definition) is 2. The van der Waals surface area contributed by atoms with Crippen LogP contribution in [0.15, 0.2) is 18.2 Å². The van der Waals surface area contributed by atoms with Crippen LogP contribution in [-0.4, -0.2) is 47.4 Å². The van der Waals surface area contributed by atoms with Crippen molar-refractivity contribution in [3.63, 3.8) is 0 Å². The molecule has 0 unspecified atom stereocenters. The highest BCUT2D eigenvalue weighted by Gasteiger charge is 2.38. The van der Waals surface area contributed by atoms with Crippen molar-refractivity contribution in [2.75, 3.05) is 13.6 Å². The van der Waals surface area contributed by atoms with Crippen LogP contribution < -0.4 is 5.32 Å². The van der Waals surface area contributed by atoms with Gasteiger partial charge in [0.05, 0.1) is 12.3 Å². The van der Waals surface area contributed by atoms with Crippen molar-refractivity contribution in [3.05, 3.63) is 35.4 Å². The molecule has 1 aromatic rings. The molecule has 1 aromatic carbocycles. The number of carboxylic acids is 1. The molecule has 1 fully saturated rings. The Labute approximate surface area is 137 Å². The van der Waals surface area contributed by atoms with Gasteiger partial charge in [0.25, 0.3) is 0 Å². The molecule has 2 amide bonds. The van der Waals surface area contributed by atoms with Gasteiger partial charge in [-0.3, -0.25) is 9.59 Å². The fraction of sp³-hybridized carbons (Fsp3) is 0.438. The topological polar surface area (TPSA) is 86.7 Å². The van der Waals surface area contributed by atoms with E-state index in [-0.39, 0.29) is 24.4 Å². The van der Waals surface area contributed by atoms with Crippen molar-refractivity contribution in [2.45, 2.75) is 25.3 Å². The van der Waals surface area contributed by atoms with E-state index in [1.165, 1.54) is 7.05 Å². The lowest BCUT2D eigenvalue weighted by Crippen LogP contribution is -2.53. The van der Waals surface area contributed by atoms with Crippen molar-refractivity contribution in [1.82, 2.24) is 10.2 Å². The Kier molecular flexibility index (Phi) is 5.48. The number of carboxylic acid groups (broad SMARTS) is 1. The van der Waals surface area contributed by atoms with Crippen molar-refractivity contribution >= 4 is 17.8 Å². The Bertz CT molecular complexity index is 665. The Balaban J connectivity index is 2.20. The van der Waals surface area contributed by atoms with Gasteiger partial charge in [0, 0.05) is 19.2 Å². The summed E-state index contributed by atoms with van der Waals surface area (Å²) in [6, 6.07) is 1.68. The van der Waals surface area contributed by atoms with Crippen LogP contribution in [0.5, 0.6) is 0 Å². The molecule has 2 rings (SSSR count). The van der Waals surface area contributed by atoms with Gasteiger partial charge < -0.3 is 15.3 Å². The first-order chi connectivity index (χ1) is 11.3. The van der Waals surface area contributed by atoms with Crippen molar-refractivity contribution in [2.24, 2.45) is 5.92 Å². The zero-order valence-corrected chi connectivity index (χ0v) is 13.1. The number of piperidine rings is 1. The van der Waals surface area contributed by atoms with Crippen LogP contribution >= 0.6 is 0 Å². The number of halogens is 2. The van der Waals surface area contributed by atoms with Gasteiger partial charge in [0.2, 0.25) is 11.8 Å². The summed E-state index contributed by atoms with van der Waals surface area (Å²) in [5.74, 6) is -4.06. The number of amides is 2. The molecule has 1 aliphatic rings. The first kappa shape index (κ1) is 17.8. The number of benzene rings is 1. The molecular weight excluding hydrogens is 322 g/mol. The Morgan fingerprint density at radius 3 is 2.62 bits per heavy atom. The average molecular weight is 340 g/mol. The average Bonchev–Trinajstić information content (AvgIpc) is 2.56. The third-order valence-corrected chi connectivity index (χ3v) is 4.15. The van der Waals surface area contributed by atoms with E-state index in [9.17, 15) is 28.3 Å². The van der Waals surface area contributed by atoms with E-state index in [1.807, 2.05) is 0 Å². The Morgan fingerprint density at radius 1 is 1.29 bits per heavy atom. The molecule has 2 atom stereocenters. The van der Waals surface area contributed by atoms with Gasteiger partial charge in [0.1, 0.15) is 17.7 Å². The lowest BCUT2D eigenvalue weighted by Gasteiger charge is -2.36. The highest BCUT2D eigenvalue weighted by Crippen LogP contribution is 2.24.